The first kappa shape index (κ1) is 16.8. The molecule has 0 spiro atoms. The van der Waals surface area contributed by atoms with Crippen molar-refractivity contribution in [3.8, 4) is 0 Å². The Kier molecular flexibility index (Phi) is 6.12. The fraction of sp³-hybridized carbons (Fsp3) is 0.667. The van der Waals surface area contributed by atoms with Crippen molar-refractivity contribution in [2.45, 2.75) is 64.3 Å². The Hall–Kier alpha value is -0.540. The van der Waals surface area contributed by atoms with Gasteiger partial charge in [0.05, 0.1) is 0 Å². The minimum absolute atomic E-state index is 0.0683. The van der Waals surface area contributed by atoms with Crippen molar-refractivity contribution in [1.29, 1.82) is 0 Å². The van der Waals surface area contributed by atoms with Gasteiger partial charge in [-0.1, -0.05) is 38.7 Å². The average molecular weight is 353 g/mol. The van der Waals surface area contributed by atoms with Crippen molar-refractivity contribution < 1.29 is 0 Å². The number of benzene rings is 1. The van der Waals surface area contributed by atoms with E-state index in [4.69, 9.17) is 5.73 Å². The van der Waals surface area contributed by atoms with Crippen molar-refractivity contribution in [2.24, 2.45) is 11.7 Å². The maximum absolute atomic E-state index is 6.19. The Balaban J connectivity index is 2.12. The van der Waals surface area contributed by atoms with Gasteiger partial charge in [0.1, 0.15) is 0 Å². The van der Waals surface area contributed by atoms with E-state index < -0.39 is 0 Å². The molecule has 21 heavy (non-hydrogen) atoms. The lowest BCUT2D eigenvalue weighted by Gasteiger charge is -2.34. The lowest BCUT2D eigenvalue weighted by atomic mass is 9.88. The van der Waals surface area contributed by atoms with E-state index in [0.29, 0.717) is 6.54 Å². The molecule has 118 valence electrons. The van der Waals surface area contributed by atoms with Gasteiger partial charge in [-0.25, -0.2) is 0 Å². The van der Waals surface area contributed by atoms with Crippen LogP contribution in [0.4, 0.5) is 5.69 Å². The third-order valence-electron chi connectivity index (χ3n) is 4.91. The highest BCUT2D eigenvalue weighted by Gasteiger charge is 2.32. The number of anilines is 1. The maximum atomic E-state index is 6.19. The second-order valence-corrected chi connectivity index (χ2v) is 7.53. The SMILES string of the molecule is CCCC1CCCC(CN)(Nc2cc(C)ccc2Br)CC1. The number of hydrogen-bond donors (Lipinski definition) is 2. The summed E-state index contributed by atoms with van der Waals surface area (Å²) in [5, 5.41) is 3.78. The van der Waals surface area contributed by atoms with Crippen molar-refractivity contribution in [2.75, 3.05) is 11.9 Å². The standard InChI is InChI=1S/C18H29BrN2/c1-3-5-15-6-4-10-18(13-20,11-9-15)21-17-12-14(2)7-8-16(17)19/h7-8,12,15,21H,3-6,9-11,13,20H2,1-2H3. The van der Waals surface area contributed by atoms with E-state index in [1.807, 2.05) is 0 Å². The van der Waals surface area contributed by atoms with E-state index in [-0.39, 0.29) is 5.54 Å². The summed E-state index contributed by atoms with van der Waals surface area (Å²) in [6.07, 6.45) is 9.01. The van der Waals surface area contributed by atoms with E-state index in [9.17, 15) is 0 Å². The molecule has 2 rings (SSSR count). The summed E-state index contributed by atoms with van der Waals surface area (Å²) in [6.45, 7) is 5.15. The second-order valence-electron chi connectivity index (χ2n) is 6.68. The summed E-state index contributed by atoms with van der Waals surface area (Å²) in [5.41, 5.74) is 8.73. The summed E-state index contributed by atoms with van der Waals surface area (Å²) in [7, 11) is 0. The van der Waals surface area contributed by atoms with Crippen LogP contribution in [0.15, 0.2) is 22.7 Å². The van der Waals surface area contributed by atoms with Gasteiger partial charge in [0.15, 0.2) is 0 Å². The van der Waals surface area contributed by atoms with Crippen LogP contribution in [-0.4, -0.2) is 12.1 Å². The monoisotopic (exact) mass is 352 g/mol. The Bertz CT molecular complexity index is 461. The van der Waals surface area contributed by atoms with Crippen molar-refractivity contribution in [1.82, 2.24) is 0 Å². The molecule has 1 saturated carbocycles. The minimum Gasteiger partial charge on any atom is -0.377 e. The third kappa shape index (κ3) is 4.46. The Morgan fingerprint density at radius 3 is 2.86 bits per heavy atom. The van der Waals surface area contributed by atoms with Gasteiger partial charge in [0.25, 0.3) is 0 Å². The Morgan fingerprint density at radius 1 is 1.33 bits per heavy atom. The van der Waals surface area contributed by atoms with Crippen LogP contribution >= 0.6 is 15.9 Å². The van der Waals surface area contributed by atoms with Crippen molar-refractivity contribution in [3.63, 3.8) is 0 Å². The molecule has 1 aliphatic carbocycles. The predicted octanol–water partition coefficient (Wildman–Crippen LogP) is 5.25. The fourth-order valence-corrected chi connectivity index (χ4v) is 3.92. The zero-order valence-corrected chi connectivity index (χ0v) is 15.0. The molecule has 1 aromatic carbocycles. The first-order valence-corrected chi connectivity index (χ1v) is 9.12. The molecule has 0 bridgehead atoms. The molecule has 0 heterocycles. The van der Waals surface area contributed by atoms with Crippen LogP contribution in [0.2, 0.25) is 0 Å². The minimum atomic E-state index is 0.0683. The number of halogens is 1. The second kappa shape index (κ2) is 7.64. The highest BCUT2D eigenvalue weighted by atomic mass is 79.9. The molecular weight excluding hydrogens is 324 g/mol. The maximum Gasteiger partial charge on any atom is 0.0496 e. The molecule has 0 saturated heterocycles. The highest BCUT2D eigenvalue weighted by Crippen LogP contribution is 2.36. The zero-order chi connectivity index (χ0) is 15.3. The summed E-state index contributed by atoms with van der Waals surface area (Å²) < 4.78 is 1.13. The summed E-state index contributed by atoms with van der Waals surface area (Å²) >= 11 is 3.66. The Morgan fingerprint density at radius 2 is 2.14 bits per heavy atom. The topological polar surface area (TPSA) is 38.0 Å². The van der Waals surface area contributed by atoms with Crippen LogP contribution in [0.25, 0.3) is 0 Å². The van der Waals surface area contributed by atoms with Gasteiger partial charge in [-0.3, -0.25) is 0 Å². The van der Waals surface area contributed by atoms with Crippen LogP contribution in [0.3, 0.4) is 0 Å². The number of hydrogen-bond acceptors (Lipinski definition) is 2. The molecule has 1 fully saturated rings. The molecule has 2 nitrogen and oxygen atoms in total. The van der Waals surface area contributed by atoms with E-state index in [0.717, 1.165) is 10.4 Å². The molecule has 1 aromatic rings. The van der Waals surface area contributed by atoms with Gasteiger partial charge in [0.2, 0.25) is 0 Å². The lowest BCUT2D eigenvalue weighted by Crippen LogP contribution is -2.45. The quantitative estimate of drug-likeness (QED) is 0.710. The third-order valence-corrected chi connectivity index (χ3v) is 5.60. The first-order valence-electron chi connectivity index (χ1n) is 8.33. The largest absolute Gasteiger partial charge is 0.377 e. The normalized spacial score (nSPS) is 26.4. The number of nitrogens with one attached hydrogen (secondary N) is 1. The molecule has 2 unspecified atom stereocenters. The van der Waals surface area contributed by atoms with E-state index in [2.05, 4.69) is 53.3 Å². The van der Waals surface area contributed by atoms with Gasteiger partial charge in [0, 0.05) is 22.2 Å². The summed E-state index contributed by atoms with van der Waals surface area (Å²) in [4.78, 5) is 0. The van der Waals surface area contributed by atoms with Gasteiger partial charge in [-0.2, -0.15) is 0 Å². The van der Waals surface area contributed by atoms with E-state index in [1.54, 1.807) is 0 Å². The van der Waals surface area contributed by atoms with Crippen molar-refractivity contribution >= 4 is 21.6 Å². The Labute approximate surface area is 138 Å². The summed E-state index contributed by atoms with van der Waals surface area (Å²) in [6, 6.07) is 6.48. The lowest BCUT2D eigenvalue weighted by molar-refractivity contribution is 0.390. The fourth-order valence-electron chi connectivity index (χ4n) is 3.58. The molecule has 0 aromatic heterocycles. The molecule has 1 aliphatic rings. The van der Waals surface area contributed by atoms with Gasteiger partial charge in [-0.15, -0.1) is 0 Å². The molecule has 0 amide bonds. The molecule has 3 N–H and O–H groups in total. The summed E-state index contributed by atoms with van der Waals surface area (Å²) in [5.74, 6) is 0.895. The molecule has 0 radical (unpaired) electrons. The average Bonchev–Trinajstić information content (AvgIpc) is 2.67. The zero-order valence-electron chi connectivity index (χ0n) is 13.4. The molecule has 3 heteroatoms. The van der Waals surface area contributed by atoms with Gasteiger partial charge in [-0.05, 0) is 65.7 Å². The first-order chi connectivity index (χ1) is 10.1. The van der Waals surface area contributed by atoms with Crippen molar-refractivity contribution in [3.05, 3.63) is 28.2 Å². The van der Waals surface area contributed by atoms with E-state index in [1.165, 1.54) is 56.2 Å². The van der Waals surface area contributed by atoms with Crippen LogP contribution in [0.1, 0.15) is 57.4 Å². The van der Waals surface area contributed by atoms with E-state index >= 15 is 0 Å². The van der Waals surface area contributed by atoms with Gasteiger partial charge < -0.3 is 11.1 Å². The number of aryl methyl sites for hydroxylation is 1. The smallest absolute Gasteiger partial charge is 0.0496 e. The predicted molar refractivity (Wildman–Crippen MR) is 95.8 cm³/mol. The van der Waals surface area contributed by atoms with Crippen LogP contribution in [-0.2, 0) is 0 Å². The molecule has 0 aliphatic heterocycles. The van der Waals surface area contributed by atoms with Crippen LogP contribution < -0.4 is 11.1 Å². The van der Waals surface area contributed by atoms with Gasteiger partial charge >= 0.3 is 0 Å². The van der Waals surface area contributed by atoms with Crippen LogP contribution in [0, 0.1) is 12.8 Å². The highest BCUT2D eigenvalue weighted by molar-refractivity contribution is 9.10. The molecular formula is C18H29BrN2. The molecule has 2 atom stereocenters. The number of rotatable bonds is 5. The van der Waals surface area contributed by atoms with Crippen LogP contribution in [0.5, 0.6) is 0 Å². The number of nitrogens with two attached hydrogens (primary N) is 1.